The molecule has 0 aliphatic heterocycles. The highest BCUT2D eigenvalue weighted by Gasteiger charge is 2.21. The zero-order valence-corrected chi connectivity index (χ0v) is 17.4. The topological polar surface area (TPSA) is 99.0 Å². The van der Waals surface area contributed by atoms with E-state index < -0.39 is 17.5 Å². The molecule has 0 heterocycles. The van der Waals surface area contributed by atoms with E-state index in [-0.39, 0.29) is 29.5 Å². The Kier molecular flexibility index (Phi) is 8.34. The van der Waals surface area contributed by atoms with Gasteiger partial charge in [0.25, 0.3) is 5.91 Å². The minimum atomic E-state index is -0.804. The zero-order valence-electron chi connectivity index (χ0n) is 17.4. The molecule has 0 radical (unpaired) electrons. The second-order valence-corrected chi connectivity index (χ2v) is 6.75. The summed E-state index contributed by atoms with van der Waals surface area (Å²) in [6.45, 7) is 6.41. The van der Waals surface area contributed by atoms with Gasteiger partial charge in [0.05, 0.1) is 17.1 Å². The Hall–Kier alpha value is -3.42. The van der Waals surface area contributed by atoms with E-state index in [4.69, 9.17) is 9.47 Å². The van der Waals surface area contributed by atoms with Crippen LogP contribution in [0.4, 0.5) is 5.69 Å². The van der Waals surface area contributed by atoms with Crippen LogP contribution in [0.2, 0.25) is 0 Å². The van der Waals surface area contributed by atoms with Crippen molar-refractivity contribution in [3.63, 3.8) is 0 Å². The number of hydrogen-bond donors (Lipinski definition) is 0. The van der Waals surface area contributed by atoms with Gasteiger partial charge < -0.3 is 14.4 Å². The Balaban J connectivity index is 2.03. The highest BCUT2D eigenvalue weighted by atomic mass is 16.6. The quantitative estimate of drug-likeness (QED) is 0.332. The van der Waals surface area contributed by atoms with Gasteiger partial charge in [0, 0.05) is 19.2 Å². The van der Waals surface area contributed by atoms with Crippen LogP contribution in [0, 0.1) is 17.0 Å². The molecule has 2 aromatic carbocycles. The van der Waals surface area contributed by atoms with Crippen molar-refractivity contribution < 1.29 is 24.0 Å². The van der Waals surface area contributed by atoms with Crippen molar-refractivity contribution >= 4 is 17.6 Å². The van der Waals surface area contributed by atoms with Gasteiger partial charge >= 0.3 is 11.7 Å². The summed E-state index contributed by atoms with van der Waals surface area (Å²) < 4.78 is 10.3. The maximum absolute atomic E-state index is 12.6. The number of carbonyl (C=O) groups excluding carboxylic acids is 2. The molecule has 0 atom stereocenters. The average Bonchev–Trinajstić information content (AvgIpc) is 2.73. The minimum absolute atomic E-state index is 0.0153. The number of nitrogens with zero attached hydrogens (tertiary/aromatic N) is 2. The molecule has 0 saturated carbocycles. The van der Waals surface area contributed by atoms with Crippen LogP contribution in [-0.2, 0) is 16.1 Å². The third-order valence-electron chi connectivity index (χ3n) is 4.36. The number of nitro groups is 1. The second-order valence-electron chi connectivity index (χ2n) is 6.75. The molecule has 0 saturated heterocycles. The summed E-state index contributed by atoms with van der Waals surface area (Å²) in [6.07, 6.45) is 0.761. The van der Waals surface area contributed by atoms with Crippen molar-refractivity contribution in [2.45, 2.75) is 33.7 Å². The summed E-state index contributed by atoms with van der Waals surface area (Å²) in [6, 6.07) is 11.7. The maximum atomic E-state index is 12.6. The summed E-state index contributed by atoms with van der Waals surface area (Å²) in [5, 5.41) is 11.2. The van der Waals surface area contributed by atoms with Gasteiger partial charge in [-0.05, 0) is 38.0 Å². The van der Waals surface area contributed by atoms with E-state index in [9.17, 15) is 19.7 Å². The molecule has 0 aliphatic carbocycles. The lowest BCUT2D eigenvalue weighted by Gasteiger charge is -2.22. The first kappa shape index (κ1) is 22.9. The van der Waals surface area contributed by atoms with Gasteiger partial charge in [0.15, 0.2) is 12.4 Å². The van der Waals surface area contributed by atoms with Gasteiger partial charge in [-0.15, -0.1) is 0 Å². The monoisotopic (exact) mass is 414 g/mol. The normalized spacial score (nSPS) is 10.4. The van der Waals surface area contributed by atoms with Crippen molar-refractivity contribution in [3.05, 3.63) is 69.3 Å². The van der Waals surface area contributed by atoms with Crippen LogP contribution in [-0.4, -0.2) is 41.5 Å². The average molecular weight is 414 g/mol. The largest absolute Gasteiger partial charge is 0.487 e. The molecular weight excluding hydrogens is 388 g/mol. The summed E-state index contributed by atoms with van der Waals surface area (Å²) in [7, 11) is 0. The van der Waals surface area contributed by atoms with E-state index in [0.29, 0.717) is 13.1 Å². The van der Waals surface area contributed by atoms with Gasteiger partial charge in [-0.25, -0.2) is 4.79 Å². The molecule has 0 bridgehead atoms. The van der Waals surface area contributed by atoms with Crippen molar-refractivity contribution in [1.82, 2.24) is 4.90 Å². The molecule has 2 rings (SSSR count). The fraction of sp³-hybridized carbons (Fsp3) is 0.364. The molecule has 1 amide bonds. The molecular formula is C22H26N2O6. The highest BCUT2D eigenvalue weighted by molar-refractivity contribution is 5.92. The number of esters is 1. The first-order chi connectivity index (χ1) is 14.3. The first-order valence-corrected chi connectivity index (χ1v) is 9.77. The lowest BCUT2D eigenvalue weighted by molar-refractivity contribution is -0.385. The van der Waals surface area contributed by atoms with E-state index >= 15 is 0 Å². The van der Waals surface area contributed by atoms with Crippen molar-refractivity contribution in [2.75, 3.05) is 19.8 Å². The first-order valence-electron chi connectivity index (χ1n) is 9.77. The molecule has 0 aromatic heterocycles. The number of hydrogen-bond acceptors (Lipinski definition) is 6. The van der Waals surface area contributed by atoms with Crippen molar-refractivity contribution in [1.29, 1.82) is 0 Å². The van der Waals surface area contributed by atoms with Gasteiger partial charge in [0.2, 0.25) is 0 Å². The number of nitro benzene ring substituents is 1. The lowest BCUT2D eigenvalue weighted by Crippen LogP contribution is -2.34. The number of benzene rings is 2. The Bertz CT molecular complexity index is 895. The Morgan fingerprint density at radius 2 is 1.80 bits per heavy atom. The van der Waals surface area contributed by atoms with Crippen LogP contribution >= 0.6 is 0 Å². The number of rotatable bonds is 10. The van der Waals surface area contributed by atoms with E-state index in [1.165, 1.54) is 12.1 Å². The minimum Gasteiger partial charge on any atom is -0.487 e. The fourth-order valence-corrected chi connectivity index (χ4v) is 2.84. The molecule has 160 valence electrons. The van der Waals surface area contributed by atoms with E-state index in [2.05, 4.69) is 0 Å². The van der Waals surface area contributed by atoms with Crippen molar-refractivity contribution in [3.8, 4) is 5.75 Å². The predicted octanol–water partition coefficient (Wildman–Crippen LogP) is 3.90. The van der Waals surface area contributed by atoms with Gasteiger partial charge in [-0.2, -0.15) is 0 Å². The third-order valence-corrected chi connectivity index (χ3v) is 4.36. The predicted molar refractivity (Wildman–Crippen MR) is 111 cm³/mol. The second kappa shape index (κ2) is 10.9. The van der Waals surface area contributed by atoms with Gasteiger partial charge in [-0.3, -0.25) is 14.9 Å². The number of aryl methyl sites for hydroxylation is 1. The standard InChI is InChI=1S/C22H26N2O6/c1-4-12-23(14-17-8-6-16(3)7-9-17)21(25)15-30-22(26)18-10-11-20(29-5-2)19(13-18)24(27)28/h6-11,13H,4-5,12,14-15H2,1-3H3. The van der Waals surface area contributed by atoms with Gasteiger partial charge in [-0.1, -0.05) is 36.8 Å². The van der Waals surface area contributed by atoms with E-state index in [1.54, 1.807) is 11.8 Å². The summed E-state index contributed by atoms with van der Waals surface area (Å²) in [4.78, 5) is 37.1. The highest BCUT2D eigenvalue weighted by Crippen LogP contribution is 2.28. The van der Waals surface area contributed by atoms with E-state index in [1.807, 2.05) is 38.1 Å². The fourth-order valence-electron chi connectivity index (χ4n) is 2.84. The third kappa shape index (κ3) is 6.30. The molecule has 2 aromatic rings. The molecule has 0 aliphatic rings. The summed E-state index contributed by atoms with van der Waals surface area (Å²) in [5.41, 5.74) is 1.77. The number of amides is 1. The summed E-state index contributed by atoms with van der Waals surface area (Å²) >= 11 is 0. The Morgan fingerprint density at radius 1 is 1.10 bits per heavy atom. The molecule has 0 spiro atoms. The lowest BCUT2D eigenvalue weighted by atomic mass is 10.1. The molecule has 30 heavy (non-hydrogen) atoms. The SMILES string of the molecule is CCCN(Cc1ccc(C)cc1)C(=O)COC(=O)c1ccc(OCC)c([N+](=O)[O-])c1. The molecule has 0 fully saturated rings. The molecule has 0 unspecified atom stereocenters. The summed E-state index contributed by atoms with van der Waals surface area (Å²) in [5.74, 6) is -1.06. The van der Waals surface area contributed by atoms with Crippen LogP contribution in [0.1, 0.15) is 41.8 Å². The molecule has 8 heteroatoms. The van der Waals surface area contributed by atoms with Crippen LogP contribution < -0.4 is 4.74 Å². The van der Waals surface area contributed by atoms with Crippen LogP contribution in [0.5, 0.6) is 5.75 Å². The van der Waals surface area contributed by atoms with Crippen LogP contribution in [0.3, 0.4) is 0 Å². The number of carbonyl (C=O) groups is 2. The molecule has 8 nitrogen and oxygen atoms in total. The molecule has 0 N–H and O–H groups in total. The maximum Gasteiger partial charge on any atom is 0.338 e. The van der Waals surface area contributed by atoms with Crippen molar-refractivity contribution in [2.24, 2.45) is 0 Å². The Labute approximate surface area is 175 Å². The van der Waals surface area contributed by atoms with E-state index in [0.717, 1.165) is 23.6 Å². The smallest absolute Gasteiger partial charge is 0.338 e. The van der Waals surface area contributed by atoms with Crippen LogP contribution in [0.15, 0.2) is 42.5 Å². The van der Waals surface area contributed by atoms with Gasteiger partial charge in [0.1, 0.15) is 0 Å². The Morgan fingerprint density at radius 3 is 2.40 bits per heavy atom. The van der Waals surface area contributed by atoms with Crippen LogP contribution in [0.25, 0.3) is 0 Å². The number of ether oxygens (including phenoxy) is 2. The zero-order chi connectivity index (χ0) is 22.1.